The Morgan fingerprint density at radius 2 is 1.84 bits per heavy atom. The molecule has 4 rings (SSSR count). The summed E-state index contributed by atoms with van der Waals surface area (Å²) in [5, 5.41) is 0. The minimum atomic E-state index is 0.747. The highest BCUT2D eigenvalue weighted by Crippen LogP contribution is 2.23. The van der Waals surface area contributed by atoms with Gasteiger partial charge in [0.1, 0.15) is 12.0 Å². The van der Waals surface area contributed by atoms with Crippen LogP contribution < -0.4 is 4.90 Å². The molecule has 0 bridgehead atoms. The highest BCUT2D eigenvalue weighted by Gasteiger charge is 2.20. The van der Waals surface area contributed by atoms with Crippen molar-refractivity contribution in [2.45, 2.75) is 19.3 Å². The van der Waals surface area contributed by atoms with Crippen LogP contribution in [-0.2, 0) is 0 Å². The Morgan fingerprint density at radius 3 is 2.60 bits per heavy atom. The molecule has 0 radical (unpaired) electrons. The molecule has 0 amide bonds. The number of hydrogen-bond donors (Lipinski definition) is 0. The summed E-state index contributed by atoms with van der Waals surface area (Å²) in [6.07, 6.45) is 12.3. The molecule has 130 valence electrons. The lowest BCUT2D eigenvalue weighted by Gasteiger charge is -2.33. The summed E-state index contributed by atoms with van der Waals surface area (Å²) in [6, 6.07) is 10.9. The normalized spacial score (nSPS) is 18.4. The highest BCUT2D eigenvalue weighted by atomic mass is 16.4. The summed E-state index contributed by atoms with van der Waals surface area (Å²) in [5.41, 5.74) is 3.51. The van der Waals surface area contributed by atoms with E-state index in [4.69, 9.17) is 4.42 Å². The van der Waals surface area contributed by atoms with Crippen molar-refractivity contribution in [2.24, 2.45) is 0 Å². The average molecular weight is 335 g/mol. The smallest absolute Gasteiger partial charge is 0.297 e. The zero-order chi connectivity index (χ0) is 16.9. The predicted octanol–water partition coefficient (Wildman–Crippen LogP) is 4.13. The zero-order valence-corrected chi connectivity index (χ0v) is 14.6. The molecule has 1 aliphatic heterocycles. The minimum absolute atomic E-state index is 0.747. The molecule has 2 aromatic rings. The first-order chi connectivity index (χ1) is 12.4. The number of piperazine rings is 1. The SMILES string of the molecule is C1=CC(CCN2CCN(c3nc(-c4ccccc4)co3)CC2)=CCC1. The maximum Gasteiger partial charge on any atom is 0.297 e. The minimum Gasteiger partial charge on any atom is -0.431 e. The maximum absolute atomic E-state index is 5.73. The van der Waals surface area contributed by atoms with Gasteiger partial charge in [0.2, 0.25) is 0 Å². The van der Waals surface area contributed by atoms with Crippen LogP contribution >= 0.6 is 0 Å². The summed E-state index contributed by atoms with van der Waals surface area (Å²) < 4.78 is 5.73. The quantitative estimate of drug-likeness (QED) is 0.822. The summed E-state index contributed by atoms with van der Waals surface area (Å²) in [5.74, 6) is 0. The van der Waals surface area contributed by atoms with Crippen LogP contribution in [0.15, 0.2) is 64.8 Å². The molecule has 0 spiro atoms. The van der Waals surface area contributed by atoms with Gasteiger partial charge >= 0.3 is 0 Å². The summed E-state index contributed by atoms with van der Waals surface area (Å²) in [7, 11) is 0. The van der Waals surface area contributed by atoms with E-state index in [1.165, 1.54) is 18.4 Å². The van der Waals surface area contributed by atoms with E-state index in [1.807, 2.05) is 18.2 Å². The standard InChI is InChI=1S/C21H25N3O/c1-3-7-18(8-4-1)11-12-23-13-15-24(16-14-23)21-22-20(17-25-21)19-9-5-2-6-10-19/h2-3,5-10,17H,1,4,11-16H2. The second-order valence-electron chi connectivity index (χ2n) is 6.72. The molecule has 4 nitrogen and oxygen atoms in total. The summed E-state index contributed by atoms with van der Waals surface area (Å²) in [4.78, 5) is 9.47. The fourth-order valence-electron chi connectivity index (χ4n) is 3.45. The van der Waals surface area contributed by atoms with Gasteiger partial charge in [-0.15, -0.1) is 0 Å². The number of nitrogens with zero attached hydrogens (tertiary/aromatic N) is 3. The molecule has 1 saturated heterocycles. The third kappa shape index (κ3) is 4.02. The Bertz CT molecular complexity index is 740. The van der Waals surface area contributed by atoms with Crippen LogP contribution in [0, 0.1) is 0 Å². The molecule has 2 aliphatic rings. The molecule has 0 atom stereocenters. The van der Waals surface area contributed by atoms with Gasteiger partial charge in [0.25, 0.3) is 6.01 Å². The Morgan fingerprint density at radius 1 is 1.00 bits per heavy atom. The van der Waals surface area contributed by atoms with E-state index in [2.05, 4.69) is 45.1 Å². The lowest BCUT2D eigenvalue weighted by molar-refractivity contribution is 0.256. The second-order valence-corrected chi connectivity index (χ2v) is 6.72. The molecular formula is C21H25N3O. The molecular weight excluding hydrogens is 310 g/mol. The molecule has 0 unspecified atom stereocenters. The molecule has 1 aromatic carbocycles. The highest BCUT2D eigenvalue weighted by molar-refractivity contribution is 5.59. The van der Waals surface area contributed by atoms with Crippen molar-refractivity contribution in [1.29, 1.82) is 0 Å². The number of benzene rings is 1. The van der Waals surface area contributed by atoms with Gasteiger partial charge < -0.3 is 9.32 Å². The van der Waals surface area contributed by atoms with Gasteiger partial charge in [-0.3, -0.25) is 4.90 Å². The van der Waals surface area contributed by atoms with E-state index in [-0.39, 0.29) is 0 Å². The van der Waals surface area contributed by atoms with E-state index >= 15 is 0 Å². The summed E-state index contributed by atoms with van der Waals surface area (Å²) in [6.45, 7) is 5.23. The third-order valence-corrected chi connectivity index (χ3v) is 4.99. The first kappa shape index (κ1) is 16.2. The van der Waals surface area contributed by atoms with Crippen LogP contribution in [0.1, 0.15) is 19.3 Å². The molecule has 1 fully saturated rings. The monoisotopic (exact) mass is 335 g/mol. The van der Waals surface area contributed by atoms with E-state index in [9.17, 15) is 0 Å². The second kappa shape index (κ2) is 7.70. The van der Waals surface area contributed by atoms with Crippen LogP contribution in [-0.4, -0.2) is 42.6 Å². The Balaban J connectivity index is 1.29. The van der Waals surface area contributed by atoms with Crippen molar-refractivity contribution in [1.82, 2.24) is 9.88 Å². The van der Waals surface area contributed by atoms with Crippen molar-refractivity contribution in [2.75, 3.05) is 37.6 Å². The average Bonchev–Trinajstić information content (AvgIpc) is 3.19. The van der Waals surface area contributed by atoms with Gasteiger partial charge in [-0.25, -0.2) is 0 Å². The molecule has 1 aromatic heterocycles. The van der Waals surface area contributed by atoms with Crippen LogP contribution in [0.4, 0.5) is 6.01 Å². The summed E-state index contributed by atoms with van der Waals surface area (Å²) >= 11 is 0. The van der Waals surface area contributed by atoms with Gasteiger partial charge in [0, 0.05) is 38.3 Å². The fourth-order valence-corrected chi connectivity index (χ4v) is 3.45. The fraction of sp³-hybridized carbons (Fsp3) is 0.381. The van der Waals surface area contributed by atoms with E-state index in [1.54, 1.807) is 6.26 Å². The van der Waals surface area contributed by atoms with Crippen LogP contribution in [0.3, 0.4) is 0 Å². The number of rotatable bonds is 5. The predicted molar refractivity (Wildman–Crippen MR) is 102 cm³/mol. The molecule has 2 heterocycles. The van der Waals surface area contributed by atoms with Crippen molar-refractivity contribution in [3.63, 3.8) is 0 Å². The molecule has 25 heavy (non-hydrogen) atoms. The first-order valence-corrected chi connectivity index (χ1v) is 9.22. The molecule has 4 heteroatoms. The number of aromatic nitrogens is 1. The lowest BCUT2D eigenvalue weighted by atomic mass is 10.0. The van der Waals surface area contributed by atoms with Crippen molar-refractivity contribution in [3.8, 4) is 11.3 Å². The van der Waals surface area contributed by atoms with E-state index in [0.29, 0.717) is 0 Å². The van der Waals surface area contributed by atoms with E-state index in [0.717, 1.165) is 56.4 Å². The van der Waals surface area contributed by atoms with Crippen molar-refractivity contribution < 1.29 is 4.42 Å². The zero-order valence-electron chi connectivity index (χ0n) is 14.6. The number of anilines is 1. The van der Waals surface area contributed by atoms with Gasteiger partial charge in [-0.05, 0) is 19.3 Å². The van der Waals surface area contributed by atoms with Crippen LogP contribution in [0.5, 0.6) is 0 Å². The Hall–Kier alpha value is -2.33. The molecule has 0 saturated carbocycles. The van der Waals surface area contributed by atoms with Gasteiger partial charge in [-0.1, -0.05) is 54.1 Å². The number of oxazole rings is 1. The molecule has 0 N–H and O–H groups in total. The Labute approximate surface area is 149 Å². The van der Waals surface area contributed by atoms with Gasteiger partial charge in [-0.2, -0.15) is 4.98 Å². The number of allylic oxidation sites excluding steroid dienone is 3. The molecule has 1 aliphatic carbocycles. The van der Waals surface area contributed by atoms with Crippen LogP contribution in [0.25, 0.3) is 11.3 Å². The third-order valence-electron chi connectivity index (χ3n) is 4.99. The number of hydrogen-bond acceptors (Lipinski definition) is 4. The van der Waals surface area contributed by atoms with Crippen molar-refractivity contribution in [3.05, 3.63) is 60.4 Å². The van der Waals surface area contributed by atoms with Gasteiger partial charge in [0.15, 0.2) is 0 Å². The Kier molecular flexibility index (Phi) is 4.98. The lowest BCUT2D eigenvalue weighted by Crippen LogP contribution is -2.46. The first-order valence-electron chi connectivity index (χ1n) is 9.22. The van der Waals surface area contributed by atoms with Gasteiger partial charge in [0.05, 0.1) is 0 Å². The maximum atomic E-state index is 5.73. The van der Waals surface area contributed by atoms with Crippen molar-refractivity contribution >= 4 is 6.01 Å². The topological polar surface area (TPSA) is 32.5 Å². The van der Waals surface area contributed by atoms with Crippen LogP contribution in [0.2, 0.25) is 0 Å². The largest absolute Gasteiger partial charge is 0.431 e. The van der Waals surface area contributed by atoms with E-state index < -0.39 is 0 Å².